The number of carbonyl (C=O) groups is 1. The van der Waals surface area contributed by atoms with E-state index in [2.05, 4.69) is 22.3 Å². The van der Waals surface area contributed by atoms with Gasteiger partial charge in [-0.1, -0.05) is 5.21 Å². The topological polar surface area (TPSA) is 71.2 Å². The first-order chi connectivity index (χ1) is 8.63. The number of rotatable bonds is 3. The van der Waals surface area contributed by atoms with Crippen molar-refractivity contribution in [3.8, 4) is 0 Å². The molecule has 1 aromatic heterocycles. The van der Waals surface area contributed by atoms with E-state index in [4.69, 9.17) is 5.11 Å². The lowest BCUT2D eigenvalue weighted by atomic mass is 10.0. The number of aromatic carboxylic acids is 1. The van der Waals surface area contributed by atoms with Crippen molar-refractivity contribution in [3.05, 3.63) is 23.8 Å². The van der Waals surface area contributed by atoms with E-state index in [1.54, 1.807) is 22.9 Å². The summed E-state index contributed by atoms with van der Waals surface area (Å²) in [4.78, 5) is 13.2. The predicted molar refractivity (Wildman–Crippen MR) is 65.5 cm³/mol. The molecule has 1 saturated heterocycles. The molecule has 1 aliphatic heterocycles. The van der Waals surface area contributed by atoms with Crippen molar-refractivity contribution in [2.45, 2.75) is 6.54 Å². The van der Waals surface area contributed by atoms with Gasteiger partial charge < -0.3 is 10.0 Å². The van der Waals surface area contributed by atoms with Crippen LogP contribution in [0.15, 0.2) is 18.2 Å². The maximum Gasteiger partial charge on any atom is 0.335 e. The fourth-order valence-corrected chi connectivity index (χ4v) is 2.42. The third kappa shape index (κ3) is 1.84. The van der Waals surface area contributed by atoms with E-state index in [1.807, 2.05) is 0 Å². The molecule has 0 spiro atoms. The van der Waals surface area contributed by atoms with Crippen molar-refractivity contribution in [2.24, 2.45) is 5.92 Å². The Morgan fingerprint density at radius 1 is 1.50 bits per heavy atom. The summed E-state index contributed by atoms with van der Waals surface area (Å²) in [7, 11) is 2.08. The minimum atomic E-state index is -0.923. The summed E-state index contributed by atoms with van der Waals surface area (Å²) in [6.07, 6.45) is 0. The Balaban J connectivity index is 1.91. The second-order valence-electron chi connectivity index (χ2n) is 4.87. The van der Waals surface area contributed by atoms with Crippen molar-refractivity contribution in [3.63, 3.8) is 0 Å². The molecular weight excluding hydrogens is 232 g/mol. The molecule has 1 aliphatic rings. The molecule has 0 aliphatic carbocycles. The monoisotopic (exact) mass is 246 g/mol. The van der Waals surface area contributed by atoms with Crippen LogP contribution in [0.4, 0.5) is 0 Å². The molecule has 0 bridgehead atoms. The lowest BCUT2D eigenvalue weighted by Gasteiger charge is -2.35. The van der Waals surface area contributed by atoms with Crippen molar-refractivity contribution in [1.82, 2.24) is 19.9 Å². The van der Waals surface area contributed by atoms with Gasteiger partial charge in [-0.15, -0.1) is 5.10 Å². The number of carboxylic acid groups (broad SMARTS) is 1. The largest absolute Gasteiger partial charge is 0.478 e. The number of aromatic nitrogens is 3. The van der Waals surface area contributed by atoms with Crippen LogP contribution < -0.4 is 0 Å². The van der Waals surface area contributed by atoms with Gasteiger partial charge in [-0.25, -0.2) is 9.48 Å². The third-order valence-corrected chi connectivity index (χ3v) is 3.33. The van der Waals surface area contributed by atoms with Crippen molar-refractivity contribution in [2.75, 3.05) is 20.1 Å². The molecule has 0 radical (unpaired) electrons. The van der Waals surface area contributed by atoms with Crippen LogP contribution in [-0.2, 0) is 6.54 Å². The second-order valence-corrected chi connectivity index (χ2v) is 4.87. The Hall–Kier alpha value is -1.95. The van der Waals surface area contributed by atoms with Gasteiger partial charge in [-0.3, -0.25) is 0 Å². The van der Waals surface area contributed by atoms with Gasteiger partial charge in [0, 0.05) is 25.6 Å². The molecule has 6 heteroatoms. The van der Waals surface area contributed by atoms with E-state index in [1.165, 1.54) is 0 Å². The van der Waals surface area contributed by atoms with Crippen LogP contribution in [0.25, 0.3) is 11.0 Å². The van der Waals surface area contributed by atoms with Crippen LogP contribution >= 0.6 is 0 Å². The van der Waals surface area contributed by atoms with Gasteiger partial charge >= 0.3 is 5.97 Å². The van der Waals surface area contributed by atoms with Crippen molar-refractivity contribution in [1.29, 1.82) is 0 Å². The summed E-state index contributed by atoms with van der Waals surface area (Å²) in [6.45, 7) is 2.91. The van der Waals surface area contributed by atoms with Crippen LogP contribution in [0.1, 0.15) is 10.4 Å². The molecule has 1 aromatic carbocycles. The molecule has 1 fully saturated rings. The lowest BCUT2D eigenvalue weighted by Crippen LogP contribution is -2.45. The highest BCUT2D eigenvalue weighted by atomic mass is 16.4. The molecule has 3 rings (SSSR count). The average Bonchev–Trinajstić information content (AvgIpc) is 2.69. The Morgan fingerprint density at radius 3 is 2.94 bits per heavy atom. The summed E-state index contributed by atoms with van der Waals surface area (Å²) in [5.74, 6) is -0.346. The minimum Gasteiger partial charge on any atom is -0.478 e. The summed E-state index contributed by atoms with van der Waals surface area (Å²) < 4.78 is 1.80. The Kier molecular flexibility index (Phi) is 2.52. The highest BCUT2D eigenvalue weighted by Crippen LogP contribution is 2.19. The number of hydrogen-bond donors (Lipinski definition) is 1. The van der Waals surface area contributed by atoms with Crippen LogP contribution in [0.5, 0.6) is 0 Å². The SMILES string of the molecule is CN1CC(Cn2nnc3ccc(C(=O)O)cc32)C1. The number of hydrogen-bond acceptors (Lipinski definition) is 4. The number of benzene rings is 1. The second kappa shape index (κ2) is 4.06. The van der Waals surface area contributed by atoms with Crippen LogP contribution in [0, 0.1) is 5.92 Å². The Morgan fingerprint density at radius 2 is 2.28 bits per heavy atom. The molecule has 0 amide bonds. The first-order valence-corrected chi connectivity index (χ1v) is 5.88. The van der Waals surface area contributed by atoms with Gasteiger partial charge in [0.2, 0.25) is 0 Å². The van der Waals surface area contributed by atoms with Crippen molar-refractivity contribution >= 4 is 17.0 Å². The maximum atomic E-state index is 11.0. The highest BCUT2D eigenvalue weighted by molar-refractivity contribution is 5.92. The predicted octanol–water partition coefficient (Wildman–Crippen LogP) is 0.691. The molecule has 0 unspecified atom stereocenters. The smallest absolute Gasteiger partial charge is 0.335 e. The number of carboxylic acids is 1. The standard InChI is InChI=1S/C12H14N4O2/c1-15-5-8(6-15)7-16-11-4-9(12(17)18)2-3-10(11)13-14-16/h2-4,8H,5-7H2,1H3,(H,17,18). The van der Waals surface area contributed by atoms with E-state index in [0.29, 0.717) is 5.92 Å². The molecule has 1 N–H and O–H groups in total. The molecule has 6 nitrogen and oxygen atoms in total. The number of nitrogens with zero attached hydrogens (tertiary/aromatic N) is 4. The summed E-state index contributed by atoms with van der Waals surface area (Å²) in [5, 5.41) is 17.1. The van der Waals surface area contributed by atoms with Crippen LogP contribution in [-0.4, -0.2) is 51.1 Å². The van der Waals surface area contributed by atoms with Gasteiger partial charge in [0.15, 0.2) is 0 Å². The quantitative estimate of drug-likeness (QED) is 0.862. The average molecular weight is 246 g/mol. The molecule has 0 saturated carbocycles. The van der Waals surface area contributed by atoms with Crippen LogP contribution in [0.2, 0.25) is 0 Å². The molecular formula is C12H14N4O2. The lowest BCUT2D eigenvalue weighted by molar-refractivity contribution is 0.0697. The zero-order chi connectivity index (χ0) is 12.7. The van der Waals surface area contributed by atoms with E-state index >= 15 is 0 Å². The zero-order valence-electron chi connectivity index (χ0n) is 10.1. The first kappa shape index (κ1) is 11.2. The Labute approximate surface area is 104 Å². The summed E-state index contributed by atoms with van der Waals surface area (Å²) in [5.41, 5.74) is 1.81. The van der Waals surface area contributed by atoms with Gasteiger partial charge in [0.25, 0.3) is 0 Å². The number of likely N-dealkylation sites (tertiary alicyclic amines) is 1. The summed E-state index contributed by atoms with van der Waals surface area (Å²) >= 11 is 0. The van der Waals surface area contributed by atoms with Gasteiger partial charge in [-0.05, 0) is 25.2 Å². The van der Waals surface area contributed by atoms with Gasteiger partial charge in [0.1, 0.15) is 5.52 Å². The van der Waals surface area contributed by atoms with Crippen LogP contribution in [0.3, 0.4) is 0 Å². The molecule has 94 valence electrons. The Bertz CT molecular complexity index is 601. The molecule has 2 heterocycles. The zero-order valence-corrected chi connectivity index (χ0v) is 10.1. The highest BCUT2D eigenvalue weighted by Gasteiger charge is 2.24. The van der Waals surface area contributed by atoms with Gasteiger partial charge in [0.05, 0.1) is 11.1 Å². The van der Waals surface area contributed by atoms with Crippen molar-refractivity contribution < 1.29 is 9.90 Å². The fourth-order valence-electron chi connectivity index (χ4n) is 2.42. The minimum absolute atomic E-state index is 0.275. The molecule has 2 aromatic rings. The van der Waals surface area contributed by atoms with Gasteiger partial charge in [-0.2, -0.15) is 0 Å². The summed E-state index contributed by atoms with van der Waals surface area (Å²) in [6, 6.07) is 4.90. The normalized spacial score (nSPS) is 16.9. The number of fused-ring (bicyclic) bond motifs is 1. The third-order valence-electron chi connectivity index (χ3n) is 3.33. The van der Waals surface area contributed by atoms with E-state index in [-0.39, 0.29) is 5.56 Å². The fraction of sp³-hybridized carbons (Fsp3) is 0.417. The molecule has 18 heavy (non-hydrogen) atoms. The maximum absolute atomic E-state index is 11.0. The van der Waals surface area contributed by atoms with E-state index in [9.17, 15) is 4.79 Å². The molecule has 0 atom stereocenters. The van der Waals surface area contributed by atoms with E-state index in [0.717, 1.165) is 30.7 Å². The first-order valence-electron chi connectivity index (χ1n) is 5.88. The van der Waals surface area contributed by atoms with E-state index < -0.39 is 5.97 Å².